The number of fused-ring (bicyclic) bond motifs is 13. The van der Waals surface area contributed by atoms with E-state index in [9.17, 15) is 0 Å². The Morgan fingerprint density at radius 1 is 0.403 bits per heavy atom. The zero-order valence-corrected chi connectivity index (χ0v) is 34.0. The van der Waals surface area contributed by atoms with Crippen LogP contribution in [0.25, 0.3) is 11.1 Å². The number of ether oxygens (including phenoxy) is 1. The van der Waals surface area contributed by atoms with Gasteiger partial charge in [-0.2, -0.15) is 0 Å². The maximum Gasteiger partial charge on any atom is 0.159 e. The summed E-state index contributed by atoms with van der Waals surface area (Å²) in [7, 11) is 0. The summed E-state index contributed by atoms with van der Waals surface area (Å²) < 4.78 is 7.18. The summed E-state index contributed by atoms with van der Waals surface area (Å²) in [6.07, 6.45) is 0. The van der Waals surface area contributed by atoms with Gasteiger partial charge >= 0.3 is 0 Å². The average Bonchev–Trinajstić information content (AvgIpc) is 3.82. The highest BCUT2D eigenvalue weighted by Crippen LogP contribution is 2.67. The molecule has 0 saturated heterocycles. The third kappa shape index (κ3) is 4.62. The average molecular weight is 797 g/mol. The van der Waals surface area contributed by atoms with Crippen molar-refractivity contribution in [1.82, 2.24) is 0 Å². The van der Waals surface area contributed by atoms with Gasteiger partial charge in [0.25, 0.3) is 0 Å². The molecule has 4 aliphatic rings. The van der Waals surface area contributed by atoms with Gasteiger partial charge in [0.1, 0.15) is 5.66 Å². The van der Waals surface area contributed by atoms with Crippen molar-refractivity contribution in [1.29, 1.82) is 0 Å². The number of para-hydroxylation sites is 8. The highest BCUT2D eigenvalue weighted by molar-refractivity contribution is 6.01. The number of hydrogen-bond acceptors (Lipinski definition) is 5. The molecule has 1 atom stereocenters. The summed E-state index contributed by atoms with van der Waals surface area (Å²) in [4.78, 5) is 7.21. The van der Waals surface area contributed by atoms with Gasteiger partial charge in [-0.05, 0) is 119 Å². The Bertz CT molecular complexity index is 3190. The van der Waals surface area contributed by atoms with Crippen LogP contribution < -0.4 is 24.8 Å². The van der Waals surface area contributed by atoms with Crippen LogP contribution in [0.4, 0.5) is 51.2 Å². The molecule has 9 aromatic carbocycles. The molecule has 1 N–H and O–H groups in total. The molecular formula is C57H40N4O. The minimum absolute atomic E-state index is 0.522. The predicted octanol–water partition coefficient (Wildman–Crippen LogP) is 14.8. The zero-order chi connectivity index (χ0) is 41.0. The number of benzene rings is 9. The summed E-state index contributed by atoms with van der Waals surface area (Å²) in [5.41, 5.74) is 17.3. The molecule has 0 fully saturated rings. The van der Waals surface area contributed by atoms with Crippen molar-refractivity contribution in [2.45, 2.75) is 18.0 Å². The summed E-state index contributed by atoms with van der Waals surface area (Å²) in [5.74, 6) is 1.69. The second-order valence-corrected chi connectivity index (χ2v) is 16.7. The van der Waals surface area contributed by atoms with Gasteiger partial charge in [-0.3, -0.25) is 0 Å². The highest BCUT2D eigenvalue weighted by Gasteiger charge is 2.53. The Labute approximate surface area is 361 Å². The van der Waals surface area contributed by atoms with Gasteiger partial charge in [0, 0.05) is 22.6 Å². The molecule has 1 spiro atoms. The van der Waals surface area contributed by atoms with Crippen molar-refractivity contribution >= 4 is 51.2 Å². The molecule has 1 unspecified atom stereocenters. The standard InChI is InChI=1S/C57H40N4O/c1-56(58-47-26-12-15-29-50(47)61(56)41-20-6-3-7-21-41)38-32-34-40(35-33-38)60-51-30-16-17-31-53(51)62-55-52(60)37-36-46-54(55)42-22-8-9-23-43(42)57(46)44-24-10-13-27-48(44)59(39-18-4-2-5-19-39)49-28-14-11-25-45(49)57/h2-37,58H,1H3. The summed E-state index contributed by atoms with van der Waals surface area (Å²) in [5, 5.41) is 3.89. The second kappa shape index (κ2) is 13.0. The Morgan fingerprint density at radius 3 is 1.65 bits per heavy atom. The SMILES string of the molecule is CC1(c2ccc(N3c4ccccc4Oc4c3ccc3c4-c4ccccc4C34c3ccccc3N(c3ccccc3)c3ccccc34)cc2)Nc2ccccc2N1c1ccccc1. The first kappa shape index (κ1) is 34.8. The van der Waals surface area contributed by atoms with Crippen LogP contribution in [0.5, 0.6) is 11.5 Å². The van der Waals surface area contributed by atoms with E-state index < -0.39 is 11.1 Å². The molecule has 0 saturated carbocycles. The van der Waals surface area contributed by atoms with Gasteiger partial charge in [0.2, 0.25) is 0 Å². The van der Waals surface area contributed by atoms with Crippen LogP contribution in [-0.4, -0.2) is 0 Å². The van der Waals surface area contributed by atoms with E-state index >= 15 is 0 Å². The molecule has 62 heavy (non-hydrogen) atoms. The van der Waals surface area contributed by atoms with E-state index in [4.69, 9.17) is 4.74 Å². The summed E-state index contributed by atoms with van der Waals surface area (Å²) in [6.45, 7) is 2.27. The van der Waals surface area contributed by atoms with Crippen molar-refractivity contribution in [3.8, 4) is 22.6 Å². The van der Waals surface area contributed by atoms with Gasteiger partial charge in [-0.1, -0.05) is 140 Å². The van der Waals surface area contributed by atoms with Crippen LogP contribution in [0.3, 0.4) is 0 Å². The van der Waals surface area contributed by atoms with E-state index in [0.29, 0.717) is 0 Å². The lowest BCUT2D eigenvalue weighted by atomic mass is 9.64. The molecule has 9 aromatic rings. The van der Waals surface area contributed by atoms with Gasteiger partial charge in [0.15, 0.2) is 11.5 Å². The fourth-order valence-electron chi connectivity index (χ4n) is 11.0. The minimum atomic E-state index is -0.585. The lowest BCUT2D eigenvalue weighted by Crippen LogP contribution is -2.42. The normalized spacial score (nSPS) is 16.8. The lowest BCUT2D eigenvalue weighted by molar-refractivity contribution is 0.478. The summed E-state index contributed by atoms with van der Waals surface area (Å²) >= 11 is 0. The fraction of sp³-hybridized carbons (Fsp3) is 0.0526. The molecule has 5 nitrogen and oxygen atoms in total. The van der Waals surface area contributed by atoms with Crippen LogP contribution in [0, 0.1) is 0 Å². The Morgan fingerprint density at radius 2 is 0.935 bits per heavy atom. The quantitative estimate of drug-likeness (QED) is 0.192. The maximum absolute atomic E-state index is 7.18. The van der Waals surface area contributed by atoms with Crippen molar-refractivity contribution in [3.63, 3.8) is 0 Å². The van der Waals surface area contributed by atoms with Gasteiger partial charge in [-0.25, -0.2) is 0 Å². The van der Waals surface area contributed by atoms with Crippen molar-refractivity contribution < 1.29 is 4.74 Å². The van der Waals surface area contributed by atoms with Gasteiger partial charge in [0.05, 0.1) is 39.5 Å². The Hall–Kier alpha value is -8.02. The first-order valence-corrected chi connectivity index (χ1v) is 21.4. The third-order valence-electron chi connectivity index (χ3n) is 13.5. The van der Waals surface area contributed by atoms with Crippen LogP contribution in [0.15, 0.2) is 218 Å². The maximum atomic E-state index is 7.18. The van der Waals surface area contributed by atoms with E-state index in [0.717, 1.165) is 62.4 Å². The smallest absolute Gasteiger partial charge is 0.159 e. The molecular weight excluding hydrogens is 757 g/mol. The first-order chi connectivity index (χ1) is 30.6. The Balaban J connectivity index is 0.996. The lowest BCUT2D eigenvalue weighted by Gasteiger charge is -2.45. The molecule has 1 aliphatic carbocycles. The highest BCUT2D eigenvalue weighted by atomic mass is 16.5. The molecule has 13 rings (SSSR count). The van der Waals surface area contributed by atoms with E-state index in [1.165, 1.54) is 39.2 Å². The van der Waals surface area contributed by atoms with E-state index in [1.807, 2.05) is 0 Å². The van der Waals surface area contributed by atoms with Crippen LogP contribution in [-0.2, 0) is 11.1 Å². The minimum Gasteiger partial charge on any atom is -0.452 e. The van der Waals surface area contributed by atoms with E-state index in [2.05, 4.69) is 245 Å². The third-order valence-corrected chi connectivity index (χ3v) is 13.5. The predicted molar refractivity (Wildman–Crippen MR) is 253 cm³/mol. The number of anilines is 9. The summed E-state index contributed by atoms with van der Waals surface area (Å²) in [6, 6.07) is 79.0. The largest absolute Gasteiger partial charge is 0.452 e. The van der Waals surface area contributed by atoms with Crippen LogP contribution in [0.2, 0.25) is 0 Å². The molecule has 0 amide bonds. The van der Waals surface area contributed by atoms with E-state index in [-0.39, 0.29) is 0 Å². The molecule has 0 bridgehead atoms. The fourth-order valence-corrected chi connectivity index (χ4v) is 11.0. The molecule has 294 valence electrons. The Kier molecular flexibility index (Phi) is 7.29. The number of nitrogens with one attached hydrogen (secondary N) is 1. The van der Waals surface area contributed by atoms with Gasteiger partial charge in [-0.15, -0.1) is 0 Å². The number of nitrogens with zero attached hydrogens (tertiary/aromatic N) is 3. The second-order valence-electron chi connectivity index (χ2n) is 16.7. The van der Waals surface area contributed by atoms with E-state index in [1.54, 1.807) is 0 Å². The van der Waals surface area contributed by atoms with Crippen LogP contribution in [0.1, 0.15) is 34.7 Å². The molecule has 5 heteroatoms. The molecule has 3 aliphatic heterocycles. The van der Waals surface area contributed by atoms with Crippen molar-refractivity contribution in [3.05, 3.63) is 246 Å². The van der Waals surface area contributed by atoms with Gasteiger partial charge < -0.3 is 24.8 Å². The monoisotopic (exact) mass is 796 g/mol. The number of rotatable bonds is 4. The topological polar surface area (TPSA) is 31.0 Å². The molecule has 0 aromatic heterocycles. The molecule has 0 radical (unpaired) electrons. The first-order valence-electron chi connectivity index (χ1n) is 21.4. The van der Waals surface area contributed by atoms with Crippen LogP contribution >= 0.6 is 0 Å². The zero-order valence-electron chi connectivity index (χ0n) is 34.0. The van der Waals surface area contributed by atoms with Crippen molar-refractivity contribution in [2.75, 3.05) is 20.0 Å². The molecule has 3 heterocycles. The van der Waals surface area contributed by atoms with Crippen molar-refractivity contribution in [2.24, 2.45) is 0 Å². The number of hydrogen-bond donors (Lipinski definition) is 1.